The van der Waals surface area contributed by atoms with Crippen molar-refractivity contribution in [2.75, 3.05) is 6.61 Å². The first-order valence-corrected chi connectivity index (χ1v) is 9.37. The molecule has 136 valence electrons. The Kier molecular flexibility index (Phi) is 4.68. The largest absolute Gasteiger partial charge is 0.493 e. The summed E-state index contributed by atoms with van der Waals surface area (Å²) in [6, 6.07) is 14.2. The molecule has 1 heterocycles. The summed E-state index contributed by atoms with van der Waals surface area (Å²) < 4.78 is 5.60. The first-order valence-electron chi connectivity index (χ1n) is 9.37. The Morgan fingerprint density at radius 2 is 2.08 bits per heavy atom. The molecule has 2 N–H and O–H groups in total. The van der Waals surface area contributed by atoms with E-state index in [-0.39, 0.29) is 24.0 Å². The van der Waals surface area contributed by atoms with Gasteiger partial charge in [0.2, 0.25) is 5.91 Å². The Labute approximate surface area is 154 Å². The minimum absolute atomic E-state index is 0.0300. The molecule has 4 rings (SSSR count). The van der Waals surface area contributed by atoms with Crippen molar-refractivity contribution in [3.8, 4) is 5.75 Å². The number of carbonyl (C=O) groups is 1. The maximum atomic E-state index is 12.7. The van der Waals surface area contributed by atoms with E-state index < -0.39 is 0 Å². The Bertz CT molecular complexity index is 811. The fourth-order valence-corrected chi connectivity index (χ4v) is 3.98. The van der Waals surface area contributed by atoms with Gasteiger partial charge in [0.1, 0.15) is 5.75 Å². The summed E-state index contributed by atoms with van der Waals surface area (Å²) in [4.78, 5) is 12.7. The fraction of sp³-hybridized carbons (Fsp3) is 0.409. The number of carbonyl (C=O) groups excluding carboxylic acids is 1. The molecule has 4 heteroatoms. The summed E-state index contributed by atoms with van der Waals surface area (Å²) in [5, 5.41) is 13.0. The fourth-order valence-electron chi connectivity index (χ4n) is 3.98. The molecule has 0 radical (unpaired) electrons. The van der Waals surface area contributed by atoms with Gasteiger partial charge in [-0.3, -0.25) is 4.79 Å². The molecule has 1 amide bonds. The van der Waals surface area contributed by atoms with E-state index in [1.54, 1.807) is 0 Å². The number of hydrogen-bond acceptors (Lipinski definition) is 3. The molecule has 26 heavy (non-hydrogen) atoms. The van der Waals surface area contributed by atoms with Crippen LogP contribution in [0.25, 0.3) is 0 Å². The molecule has 1 aliphatic carbocycles. The van der Waals surface area contributed by atoms with Crippen LogP contribution in [0.2, 0.25) is 0 Å². The second-order valence-electron chi connectivity index (χ2n) is 7.50. The van der Waals surface area contributed by atoms with Gasteiger partial charge in [-0.1, -0.05) is 30.3 Å². The van der Waals surface area contributed by atoms with Crippen molar-refractivity contribution >= 4 is 5.91 Å². The van der Waals surface area contributed by atoms with Gasteiger partial charge in [-0.25, -0.2) is 0 Å². The highest BCUT2D eigenvalue weighted by molar-refractivity contribution is 5.79. The van der Waals surface area contributed by atoms with E-state index >= 15 is 0 Å². The maximum Gasteiger partial charge on any atom is 0.224 e. The van der Waals surface area contributed by atoms with Crippen LogP contribution in [-0.4, -0.2) is 23.7 Å². The van der Waals surface area contributed by atoms with Crippen LogP contribution in [0.3, 0.4) is 0 Å². The van der Waals surface area contributed by atoms with E-state index in [1.807, 2.05) is 43.3 Å². The number of aryl methyl sites for hydroxylation is 1. The number of rotatable bonds is 5. The zero-order chi connectivity index (χ0) is 18.1. The SMILES string of the molecule is Cc1ccccc1CC(=O)NC(c1ccc2c(c1)CCO2)C1CC(O)C1. The molecule has 0 bridgehead atoms. The number of fused-ring (bicyclic) bond motifs is 1. The van der Waals surface area contributed by atoms with Gasteiger partial charge in [0.05, 0.1) is 25.2 Å². The van der Waals surface area contributed by atoms with E-state index in [1.165, 1.54) is 5.56 Å². The molecule has 0 saturated heterocycles. The Morgan fingerprint density at radius 1 is 1.27 bits per heavy atom. The molecule has 1 aliphatic heterocycles. The van der Waals surface area contributed by atoms with Crippen molar-refractivity contribution in [2.24, 2.45) is 5.92 Å². The van der Waals surface area contributed by atoms with Crippen molar-refractivity contribution in [2.45, 2.75) is 44.8 Å². The van der Waals surface area contributed by atoms with Gasteiger partial charge < -0.3 is 15.2 Å². The van der Waals surface area contributed by atoms with Gasteiger partial charge in [-0.2, -0.15) is 0 Å². The number of amides is 1. The third kappa shape index (κ3) is 3.47. The quantitative estimate of drug-likeness (QED) is 0.870. The molecule has 1 saturated carbocycles. The second kappa shape index (κ2) is 7.12. The lowest BCUT2D eigenvalue weighted by Gasteiger charge is -2.38. The maximum absolute atomic E-state index is 12.7. The van der Waals surface area contributed by atoms with E-state index in [2.05, 4.69) is 11.4 Å². The van der Waals surface area contributed by atoms with Crippen molar-refractivity contribution in [3.05, 3.63) is 64.7 Å². The number of benzene rings is 2. The predicted octanol–water partition coefficient (Wildman–Crippen LogP) is 3.10. The predicted molar refractivity (Wildman–Crippen MR) is 100 cm³/mol. The smallest absolute Gasteiger partial charge is 0.224 e. The topological polar surface area (TPSA) is 58.6 Å². The first kappa shape index (κ1) is 17.1. The lowest BCUT2D eigenvalue weighted by Crippen LogP contribution is -2.42. The van der Waals surface area contributed by atoms with Gasteiger partial charge in [-0.05, 0) is 60.1 Å². The average Bonchev–Trinajstić information content (AvgIpc) is 3.07. The van der Waals surface area contributed by atoms with E-state index in [4.69, 9.17) is 4.74 Å². The number of aliphatic hydroxyl groups excluding tert-OH is 1. The molecule has 0 spiro atoms. The molecule has 2 aliphatic rings. The molecule has 2 aromatic carbocycles. The molecular formula is C22H25NO3. The van der Waals surface area contributed by atoms with E-state index in [9.17, 15) is 9.90 Å². The van der Waals surface area contributed by atoms with Crippen LogP contribution >= 0.6 is 0 Å². The summed E-state index contributed by atoms with van der Waals surface area (Å²) >= 11 is 0. The standard InChI is InChI=1S/C22H25NO3/c1-14-4-2-3-5-15(14)13-21(25)23-22(18-11-19(24)12-18)17-6-7-20-16(10-17)8-9-26-20/h2-7,10,18-19,22,24H,8-9,11-13H2,1H3,(H,23,25). The molecule has 1 fully saturated rings. The monoisotopic (exact) mass is 351 g/mol. The van der Waals surface area contributed by atoms with Gasteiger partial charge in [0.15, 0.2) is 0 Å². The van der Waals surface area contributed by atoms with Crippen molar-refractivity contribution < 1.29 is 14.6 Å². The molecule has 0 aromatic heterocycles. The minimum Gasteiger partial charge on any atom is -0.493 e. The number of hydrogen-bond donors (Lipinski definition) is 2. The summed E-state index contributed by atoms with van der Waals surface area (Å²) in [6.07, 6.45) is 2.53. The van der Waals surface area contributed by atoms with Crippen molar-refractivity contribution in [1.29, 1.82) is 0 Å². The molecule has 1 unspecified atom stereocenters. The van der Waals surface area contributed by atoms with Crippen LogP contribution in [0.4, 0.5) is 0 Å². The van der Waals surface area contributed by atoms with Crippen LogP contribution in [0.5, 0.6) is 5.75 Å². The molecule has 4 nitrogen and oxygen atoms in total. The lowest BCUT2D eigenvalue weighted by atomic mass is 9.74. The van der Waals surface area contributed by atoms with E-state index in [0.717, 1.165) is 48.3 Å². The van der Waals surface area contributed by atoms with Crippen LogP contribution in [0.1, 0.15) is 41.1 Å². The Balaban J connectivity index is 1.52. The van der Waals surface area contributed by atoms with Gasteiger partial charge >= 0.3 is 0 Å². The normalized spacial score (nSPS) is 22.1. The van der Waals surface area contributed by atoms with Crippen LogP contribution < -0.4 is 10.1 Å². The van der Waals surface area contributed by atoms with Gasteiger partial charge in [0, 0.05) is 6.42 Å². The number of aliphatic hydroxyl groups is 1. The third-order valence-corrected chi connectivity index (χ3v) is 5.62. The van der Waals surface area contributed by atoms with Gasteiger partial charge in [-0.15, -0.1) is 0 Å². The number of ether oxygens (including phenoxy) is 1. The zero-order valence-corrected chi connectivity index (χ0v) is 15.1. The summed E-state index contributed by atoms with van der Waals surface area (Å²) in [5.74, 6) is 1.26. The number of nitrogens with one attached hydrogen (secondary N) is 1. The van der Waals surface area contributed by atoms with Crippen LogP contribution in [0.15, 0.2) is 42.5 Å². The van der Waals surface area contributed by atoms with Crippen LogP contribution in [0, 0.1) is 12.8 Å². The van der Waals surface area contributed by atoms with Crippen molar-refractivity contribution in [1.82, 2.24) is 5.32 Å². The first-order chi connectivity index (χ1) is 12.6. The van der Waals surface area contributed by atoms with E-state index in [0.29, 0.717) is 6.42 Å². The molecule has 1 atom stereocenters. The summed E-state index contributed by atoms with van der Waals surface area (Å²) in [6.45, 7) is 2.76. The van der Waals surface area contributed by atoms with Gasteiger partial charge in [0.25, 0.3) is 0 Å². The lowest BCUT2D eigenvalue weighted by molar-refractivity contribution is -0.122. The zero-order valence-electron chi connectivity index (χ0n) is 15.1. The highest BCUT2D eigenvalue weighted by Crippen LogP contribution is 2.39. The Morgan fingerprint density at radius 3 is 2.85 bits per heavy atom. The second-order valence-corrected chi connectivity index (χ2v) is 7.50. The molecule has 2 aromatic rings. The summed E-state index contributed by atoms with van der Waals surface area (Å²) in [5.41, 5.74) is 4.51. The van der Waals surface area contributed by atoms with Crippen molar-refractivity contribution in [3.63, 3.8) is 0 Å². The molecular weight excluding hydrogens is 326 g/mol. The third-order valence-electron chi connectivity index (χ3n) is 5.62. The Hall–Kier alpha value is -2.33. The van der Waals surface area contributed by atoms with Crippen LogP contribution in [-0.2, 0) is 17.6 Å². The highest BCUT2D eigenvalue weighted by atomic mass is 16.5. The minimum atomic E-state index is -0.242. The average molecular weight is 351 g/mol. The summed E-state index contributed by atoms with van der Waals surface area (Å²) in [7, 11) is 0. The highest BCUT2D eigenvalue weighted by Gasteiger charge is 2.36.